The molecule has 9 heteroatoms. The number of hydrogen-bond acceptors (Lipinski definition) is 5. The van der Waals surface area contributed by atoms with Crippen LogP contribution in [0.4, 0.5) is 15.8 Å². The molecule has 1 N–H and O–H groups in total. The Morgan fingerprint density at radius 2 is 1.88 bits per heavy atom. The Morgan fingerprint density at radius 1 is 1.07 bits per heavy atom. The summed E-state index contributed by atoms with van der Waals surface area (Å²) < 4.78 is 17.2. The van der Waals surface area contributed by atoms with E-state index in [1.807, 2.05) is 53.1 Å². The third kappa shape index (κ3) is 4.45. The number of fused-ring (bicyclic) bond motifs is 2. The van der Waals surface area contributed by atoms with Gasteiger partial charge in [-0.2, -0.15) is 0 Å². The number of rotatable bonds is 5. The number of hydrogen-bond donors (Lipinski definition) is 1. The highest BCUT2D eigenvalue weighted by atomic mass is 19.1. The first-order chi connectivity index (χ1) is 19.2. The summed E-state index contributed by atoms with van der Waals surface area (Å²) in [6.07, 6.45) is 4.88. The molecule has 1 amide bonds. The topological polar surface area (TPSA) is 81.4 Å². The number of halogens is 1. The number of amides is 1. The quantitative estimate of drug-likeness (QED) is 0.388. The van der Waals surface area contributed by atoms with Crippen molar-refractivity contribution in [3.8, 4) is 11.3 Å². The van der Waals surface area contributed by atoms with E-state index in [1.165, 1.54) is 17.2 Å². The van der Waals surface area contributed by atoms with Crippen LogP contribution in [0.3, 0.4) is 0 Å². The zero-order chi connectivity index (χ0) is 28.1. The van der Waals surface area contributed by atoms with Crippen molar-refractivity contribution in [1.29, 1.82) is 0 Å². The molecule has 1 fully saturated rings. The first-order valence-electron chi connectivity index (χ1n) is 13.6. The highest BCUT2D eigenvalue weighted by molar-refractivity contribution is 5.96. The Hall–Kier alpha value is -4.40. The van der Waals surface area contributed by atoms with E-state index in [0.717, 1.165) is 12.1 Å². The van der Waals surface area contributed by atoms with Gasteiger partial charge in [-0.05, 0) is 55.2 Å². The van der Waals surface area contributed by atoms with Gasteiger partial charge in [0.1, 0.15) is 5.82 Å². The third-order valence-electron chi connectivity index (χ3n) is 8.25. The zero-order valence-electron chi connectivity index (χ0n) is 22.8. The van der Waals surface area contributed by atoms with E-state index in [1.54, 1.807) is 22.9 Å². The van der Waals surface area contributed by atoms with Gasteiger partial charge >= 0.3 is 5.97 Å². The Morgan fingerprint density at radius 3 is 2.60 bits per heavy atom. The van der Waals surface area contributed by atoms with Crippen molar-refractivity contribution < 1.29 is 19.1 Å². The molecule has 4 aromatic rings. The van der Waals surface area contributed by atoms with Crippen molar-refractivity contribution in [2.45, 2.75) is 25.8 Å². The van der Waals surface area contributed by atoms with Gasteiger partial charge in [0, 0.05) is 57.4 Å². The van der Waals surface area contributed by atoms with Crippen LogP contribution in [0.2, 0.25) is 0 Å². The lowest BCUT2D eigenvalue weighted by molar-refractivity contribution is -0.140. The van der Waals surface area contributed by atoms with Crippen molar-refractivity contribution in [3.05, 3.63) is 83.4 Å². The Labute approximate surface area is 232 Å². The number of pyridine rings is 1. The van der Waals surface area contributed by atoms with Crippen molar-refractivity contribution in [3.63, 3.8) is 0 Å². The molecule has 0 saturated carbocycles. The molecule has 0 radical (unpaired) electrons. The minimum absolute atomic E-state index is 0.0386. The minimum Gasteiger partial charge on any atom is -0.481 e. The molecule has 4 heterocycles. The van der Waals surface area contributed by atoms with E-state index in [9.17, 15) is 14.7 Å². The summed E-state index contributed by atoms with van der Waals surface area (Å²) in [6, 6.07) is 15.0. The van der Waals surface area contributed by atoms with Crippen molar-refractivity contribution in [2.24, 2.45) is 5.92 Å². The summed E-state index contributed by atoms with van der Waals surface area (Å²) in [5.41, 5.74) is 5.85. The number of benzene rings is 2. The van der Waals surface area contributed by atoms with Crippen LogP contribution in [-0.2, 0) is 11.2 Å². The summed E-state index contributed by atoms with van der Waals surface area (Å²) in [7, 11) is 3.79. The molecule has 6 rings (SSSR count). The van der Waals surface area contributed by atoms with Gasteiger partial charge in [-0.25, -0.2) is 9.37 Å². The second-order valence-corrected chi connectivity index (χ2v) is 10.9. The lowest BCUT2D eigenvalue weighted by Crippen LogP contribution is -2.39. The number of anilines is 2. The molecule has 0 aliphatic carbocycles. The van der Waals surface area contributed by atoms with E-state index >= 15 is 4.39 Å². The van der Waals surface area contributed by atoms with Gasteiger partial charge in [-0.1, -0.05) is 24.3 Å². The number of carbonyl (C=O) groups is 2. The fourth-order valence-corrected chi connectivity index (χ4v) is 5.98. The number of aliphatic carboxylic acids is 1. The molecule has 0 bridgehead atoms. The first-order valence-corrected chi connectivity index (χ1v) is 13.6. The normalized spacial score (nSPS) is 18.7. The van der Waals surface area contributed by atoms with Crippen molar-refractivity contribution in [1.82, 2.24) is 14.3 Å². The predicted molar refractivity (Wildman–Crippen MR) is 152 cm³/mol. The molecule has 2 aromatic heterocycles. The number of carbonyl (C=O) groups excluding carboxylic acids is 1. The Bertz CT molecular complexity index is 1630. The largest absolute Gasteiger partial charge is 0.481 e. The SMILES string of the molecule is C[C@@H]1c2ccccc2CCN1C(=O)c1cc(N(C)C)c2nc(-c3ccc(N4CC[C@H](C(=O)O)C4)cc3F)cn2c1. The van der Waals surface area contributed by atoms with E-state index in [4.69, 9.17) is 4.98 Å². The van der Waals surface area contributed by atoms with Gasteiger partial charge in [-0.3, -0.25) is 9.59 Å². The highest BCUT2D eigenvalue weighted by Gasteiger charge is 2.30. The second kappa shape index (κ2) is 9.97. The standard InChI is InChI=1S/C31H32FN5O3/c1-19-24-7-5-4-6-20(24)11-13-37(19)30(38)22-14-28(34(2)3)29-33-27(18-36(29)17-22)25-9-8-23(15-26(25)32)35-12-10-21(16-35)31(39)40/h4-9,14-15,17-19,21H,10-13,16H2,1-3H3,(H,39,40)/t19-,21+/m1/s1. The van der Waals surface area contributed by atoms with Crippen LogP contribution in [0.25, 0.3) is 16.9 Å². The molecule has 8 nitrogen and oxygen atoms in total. The maximum atomic E-state index is 15.4. The van der Waals surface area contributed by atoms with Crippen molar-refractivity contribution >= 4 is 28.9 Å². The van der Waals surface area contributed by atoms with E-state index < -0.39 is 17.7 Å². The van der Waals surface area contributed by atoms with Crippen LogP contribution < -0.4 is 9.80 Å². The molecule has 2 atom stereocenters. The van der Waals surface area contributed by atoms with Crippen LogP contribution in [-0.4, -0.2) is 65.0 Å². The lowest BCUT2D eigenvalue weighted by atomic mass is 9.93. The third-order valence-corrected chi connectivity index (χ3v) is 8.25. The van der Waals surface area contributed by atoms with Gasteiger partial charge in [0.05, 0.1) is 28.9 Å². The predicted octanol–water partition coefficient (Wildman–Crippen LogP) is 4.88. The number of carboxylic acid groups (broad SMARTS) is 1. The molecule has 206 valence electrons. The average molecular weight is 542 g/mol. The fraction of sp³-hybridized carbons (Fsp3) is 0.323. The molecule has 1 saturated heterocycles. The van der Waals surface area contributed by atoms with Crippen LogP contribution in [0.1, 0.15) is 40.9 Å². The average Bonchev–Trinajstić information content (AvgIpc) is 3.60. The molecular weight excluding hydrogens is 509 g/mol. The Balaban J connectivity index is 1.32. The van der Waals surface area contributed by atoms with Gasteiger partial charge < -0.3 is 24.2 Å². The summed E-state index contributed by atoms with van der Waals surface area (Å²) in [5.74, 6) is -1.74. The summed E-state index contributed by atoms with van der Waals surface area (Å²) in [5, 5.41) is 9.30. The van der Waals surface area contributed by atoms with Gasteiger partial charge in [-0.15, -0.1) is 0 Å². The molecule has 40 heavy (non-hydrogen) atoms. The zero-order valence-corrected chi connectivity index (χ0v) is 22.8. The molecule has 2 aromatic carbocycles. The van der Waals surface area contributed by atoms with Gasteiger partial charge in [0.25, 0.3) is 5.91 Å². The summed E-state index contributed by atoms with van der Waals surface area (Å²) >= 11 is 0. The fourth-order valence-electron chi connectivity index (χ4n) is 5.98. The summed E-state index contributed by atoms with van der Waals surface area (Å²) in [6.45, 7) is 3.65. The molecular formula is C31H32FN5O3. The number of carboxylic acids is 1. The molecule has 0 spiro atoms. The second-order valence-electron chi connectivity index (χ2n) is 10.9. The molecule has 2 aliphatic rings. The number of imidazole rings is 1. The summed E-state index contributed by atoms with van der Waals surface area (Å²) in [4.78, 5) is 35.6. The van der Waals surface area contributed by atoms with Gasteiger partial charge in [0.2, 0.25) is 0 Å². The minimum atomic E-state index is -0.821. The smallest absolute Gasteiger partial charge is 0.308 e. The van der Waals surface area contributed by atoms with Crippen LogP contribution in [0, 0.1) is 11.7 Å². The molecule has 2 aliphatic heterocycles. The number of nitrogens with zero attached hydrogens (tertiary/aromatic N) is 5. The maximum absolute atomic E-state index is 15.4. The Kier molecular flexibility index (Phi) is 6.44. The van der Waals surface area contributed by atoms with E-state index in [-0.39, 0.29) is 11.9 Å². The van der Waals surface area contributed by atoms with Crippen molar-refractivity contribution in [2.75, 3.05) is 43.5 Å². The van der Waals surface area contributed by atoms with E-state index in [2.05, 4.69) is 19.1 Å². The van der Waals surface area contributed by atoms with Crippen LogP contribution in [0.5, 0.6) is 0 Å². The van der Waals surface area contributed by atoms with Crippen LogP contribution >= 0.6 is 0 Å². The monoisotopic (exact) mass is 541 g/mol. The first kappa shape index (κ1) is 25.9. The van der Waals surface area contributed by atoms with Gasteiger partial charge in [0.15, 0.2) is 5.65 Å². The number of aromatic nitrogens is 2. The van der Waals surface area contributed by atoms with E-state index in [0.29, 0.717) is 54.2 Å². The molecule has 0 unspecified atom stereocenters. The maximum Gasteiger partial charge on any atom is 0.308 e. The van der Waals surface area contributed by atoms with Crippen LogP contribution in [0.15, 0.2) is 60.9 Å². The highest BCUT2D eigenvalue weighted by Crippen LogP contribution is 2.34. The lowest BCUT2D eigenvalue weighted by Gasteiger charge is -2.35.